The summed E-state index contributed by atoms with van der Waals surface area (Å²) in [4.78, 5) is 11.5. The molecule has 0 atom stereocenters. The maximum Gasteiger partial charge on any atom is 0.328 e. The summed E-state index contributed by atoms with van der Waals surface area (Å²) >= 11 is 1.53. The summed E-state index contributed by atoms with van der Waals surface area (Å²) in [6, 6.07) is 9.36. The van der Waals surface area contributed by atoms with Crippen molar-refractivity contribution in [2.45, 2.75) is 13.5 Å². The molecule has 1 N–H and O–H groups in total. The van der Waals surface area contributed by atoms with Crippen LogP contribution in [-0.4, -0.2) is 17.7 Å². The number of carboxylic acids is 1. The molecule has 21 heavy (non-hydrogen) atoms. The third kappa shape index (κ3) is 4.36. The van der Waals surface area contributed by atoms with Gasteiger partial charge in [0.15, 0.2) is 11.5 Å². The summed E-state index contributed by atoms with van der Waals surface area (Å²) in [5.41, 5.74) is 0.858. The van der Waals surface area contributed by atoms with E-state index in [1.165, 1.54) is 11.3 Å². The molecule has 0 radical (unpaired) electrons. The summed E-state index contributed by atoms with van der Waals surface area (Å²) in [5.74, 6) is 0.426. The van der Waals surface area contributed by atoms with Crippen molar-refractivity contribution in [1.29, 1.82) is 0 Å². The summed E-state index contributed by atoms with van der Waals surface area (Å²) in [6.07, 6.45) is 2.70. The average Bonchev–Trinajstić information content (AvgIpc) is 2.92. The lowest BCUT2D eigenvalue weighted by molar-refractivity contribution is -0.131. The van der Waals surface area contributed by atoms with E-state index in [0.29, 0.717) is 24.7 Å². The fourth-order valence-corrected chi connectivity index (χ4v) is 2.54. The molecule has 0 saturated carbocycles. The highest BCUT2D eigenvalue weighted by atomic mass is 32.1. The highest BCUT2D eigenvalue weighted by molar-refractivity contribution is 7.10. The Balaban J connectivity index is 2.07. The lowest BCUT2D eigenvalue weighted by atomic mass is 10.2. The van der Waals surface area contributed by atoms with Crippen molar-refractivity contribution in [3.05, 3.63) is 52.2 Å². The Kier molecular flexibility index (Phi) is 5.40. The van der Waals surface area contributed by atoms with Gasteiger partial charge in [-0.05, 0) is 42.1 Å². The quantitative estimate of drug-likeness (QED) is 0.790. The second-order valence-corrected chi connectivity index (χ2v) is 5.14. The van der Waals surface area contributed by atoms with Gasteiger partial charge < -0.3 is 14.6 Å². The van der Waals surface area contributed by atoms with Crippen molar-refractivity contribution in [2.75, 3.05) is 6.61 Å². The number of benzene rings is 1. The van der Waals surface area contributed by atoms with Crippen LogP contribution < -0.4 is 9.47 Å². The fraction of sp³-hybridized carbons (Fsp3) is 0.188. The van der Waals surface area contributed by atoms with Crippen LogP contribution in [0.25, 0.3) is 6.08 Å². The smallest absolute Gasteiger partial charge is 0.328 e. The van der Waals surface area contributed by atoms with Crippen molar-refractivity contribution in [3.63, 3.8) is 0 Å². The molecule has 0 saturated heterocycles. The number of rotatable bonds is 7. The van der Waals surface area contributed by atoms with Crippen LogP contribution in [0.4, 0.5) is 0 Å². The monoisotopic (exact) mass is 304 g/mol. The summed E-state index contributed by atoms with van der Waals surface area (Å²) < 4.78 is 11.3. The molecule has 1 aromatic heterocycles. The van der Waals surface area contributed by atoms with Crippen molar-refractivity contribution in [3.8, 4) is 11.5 Å². The summed E-state index contributed by atoms with van der Waals surface area (Å²) in [7, 11) is 0. The number of ether oxygens (including phenoxy) is 2. The molecule has 0 fully saturated rings. The van der Waals surface area contributed by atoms with E-state index >= 15 is 0 Å². The van der Waals surface area contributed by atoms with Crippen LogP contribution in [0, 0.1) is 0 Å². The Morgan fingerprint density at radius 3 is 2.62 bits per heavy atom. The zero-order valence-electron chi connectivity index (χ0n) is 11.6. The van der Waals surface area contributed by atoms with Gasteiger partial charge in [0.2, 0.25) is 0 Å². The lowest BCUT2D eigenvalue weighted by Crippen LogP contribution is -1.99. The zero-order valence-corrected chi connectivity index (χ0v) is 12.4. The predicted molar refractivity (Wildman–Crippen MR) is 82.9 cm³/mol. The van der Waals surface area contributed by atoms with Gasteiger partial charge in [0.05, 0.1) is 6.61 Å². The molecule has 0 aliphatic carbocycles. The molecule has 2 rings (SSSR count). The molecule has 0 spiro atoms. The second kappa shape index (κ2) is 7.50. The second-order valence-electron chi connectivity index (χ2n) is 4.14. The van der Waals surface area contributed by atoms with Gasteiger partial charge in [-0.15, -0.1) is 11.3 Å². The van der Waals surface area contributed by atoms with E-state index in [9.17, 15) is 4.79 Å². The maximum atomic E-state index is 10.6. The van der Waals surface area contributed by atoms with Gasteiger partial charge in [0, 0.05) is 11.0 Å². The normalized spacial score (nSPS) is 10.7. The fourth-order valence-electron chi connectivity index (χ4n) is 1.76. The number of hydrogen-bond acceptors (Lipinski definition) is 4. The number of hydrogen-bond donors (Lipinski definition) is 1. The van der Waals surface area contributed by atoms with Crippen LogP contribution in [0.15, 0.2) is 41.8 Å². The van der Waals surface area contributed by atoms with E-state index in [1.807, 2.05) is 42.6 Å². The third-order valence-electron chi connectivity index (χ3n) is 2.69. The van der Waals surface area contributed by atoms with E-state index < -0.39 is 5.97 Å². The first-order chi connectivity index (χ1) is 10.2. The average molecular weight is 304 g/mol. The predicted octanol–water partition coefficient (Wildman–Crippen LogP) is 3.82. The molecule has 5 heteroatoms. The molecule has 1 aromatic carbocycles. The molecule has 0 aliphatic heterocycles. The van der Waals surface area contributed by atoms with Gasteiger partial charge in [-0.25, -0.2) is 4.79 Å². The Hall–Kier alpha value is -2.27. The highest BCUT2D eigenvalue weighted by Gasteiger charge is 2.07. The zero-order chi connectivity index (χ0) is 15.1. The highest BCUT2D eigenvalue weighted by Crippen LogP contribution is 2.28. The van der Waals surface area contributed by atoms with Gasteiger partial charge in [-0.3, -0.25) is 0 Å². The molecule has 2 aromatic rings. The van der Waals surface area contributed by atoms with E-state index in [4.69, 9.17) is 14.6 Å². The Morgan fingerprint density at radius 1 is 1.24 bits per heavy atom. The van der Waals surface area contributed by atoms with Crippen LogP contribution in [0.3, 0.4) is 0 Å². The minimum atomic E-state index is -0.963. The van der Waals surface area contributed by atoms with Crippen molar-refractivity contribution in [2.24, 2.45) is 0 Å². The maximum absolute atomic E-state index is 10.6. The minimum Gasteiger partial charge on any atom is -0.490 e. The first kappa shape index (κ1) is 15.1. The molecule has 0 amide bonds. The van der Waals surface area contributed by atoms with Crippen LogP contribution in [0.5, 0.6) is 11.5 Å². The molecule has 1 heterocycles. The third-order valence-corrected chi connectivity index (χ3v) is 3.60. The van der Waals surface area contributed by atoms with Crippen LogP contribution >= 0.6 is 11.3 Å². The van der Waals surface area contributed by atoms with Gasteiger partial charge in [-0.1, -0.05) is 12.1 Å². The molecular formula is C16H16O4S. The number of thiophene rings is 1. The molecule has 0 unspecified atom stereocenters. The first-order valence-corrected chi connectivity index (χ1v) is 7.40. The van der Waals surface area contributed by atoms with Crippen LogP contribution in [0.2, 0.25) is 0 Å². The SMILES string of the molecule is CCOc1ccccc1OCc1sccc1C=CC(=O)O. The lowest BCUT2D eigenvalue weighted by Gasteiger charge is -2.11. The number of aliphatic carboxylic acids is 1. The van der Waals surface area contributed by atoms with Crippen molar-refractivity contribution < 1.29 is 19.4 Å². The van der Waals surface area contributed by atoms with Crippen molar-refractivity contribution >= 4 is 23.4 Å². The van der Waals surface area contributed by atoms with Gasteiger partial charge in [-0.2, -0.15) is 0 Å². The topological polar surface area (TPSA) is 55.8 Å². The largest absolute Gasteiger partial charge is 0.490 e. The minimum absolute atomic E-state index is 0.376. The first-order valence-electron chi connectivity index (χ1n) is 6.52. The Morgan fingerprint density at radius 2 is 1.95 bits per heavy atom. The Labute approximate surface area is 127 Å². The molecular weight excluding hydrogens is 288 g/mol. The standard InChI is InChI=1S/C16H16O4S/c1-2-19-13-5-3-4-6-14(13)20-11-15-12(9-10-21-15)7-8-16(17)18/h3-10H,2,11H2,1H3,(H,17,18). The van der Waals surface area contributed by atoms with Gasteiger partial charge >= 0.3 is 5.97 Å². The summed E-state index contributed by atoms with van der Waals surface area (Å²) in [6.45, 7) is 2.87. The number of carbonyl (C=O) groups is 1. The molecule has 4 nitrogen and oxygen atoms in total. The van der Waals surface area contributed by atoms with Crippen molar-refractivity contribution in [1.82, 2.24) is 0 Å². The van der Waals surface area contributed by atoms with Crippen LogP contribution in [-0.2, 0) is 11.4 Å². The number of para-hydroxylation sites is 2. The van der Waals surface area contributed by atoms with E-state index in [1.54, 1.807) is 6.08 Å². The number of carboxylic acid groups (broad SMARTS) is 1. The van der Waals surface area contributed by atoms with Gasteiger partial charge in [0.25, 0.3) is 0 Å². The van der Waals surface area contributed by atoms with E-state index in [-0.39, 0.29) is 0 Å². The molecule has 110 valence electrons. The van der Waals surface area contributed by atoms with E-state index in [2.05, 4.69) is 0 Å². The Bertz CT molecular complexity index is 631. The molecule has 0 bridgehead atoms. The van der Waals surface area contributed by atoms with Gasteiger partial charge in [0.1, 0.15) is 6.61 Å². The van der Waals surface area contributed by atoms with E-state index in [0.717, 1.165) is 16.5 Å². The van der Waals surface area contributed by atoms with Crippen LogP contribution in [0.1, 0.15) is 17.4 Å². The molecule has 0 aliphatic rings. The summed E-state index contributed by atoms with van der Waals surface area (Å²) in [5, 5.41) is 10.6.